The Morgan fingerprint density at radius 1 is 1.40 bits per heavy atom. The van der Waals surface area contributed by atoms with Crippen molar-refractivity contribution in [1.82, 2.24) is 10.6 Å². The number of benzene rings is 1. The normalized spacial score (nSPS) is 17.0. The molecule has 6 heteroatoms. The first-order valence-electron chi connectivity index (χ1n) is 8.91. The summed E-state index contributed by atoms with van der Waals surface area (Å²) in [5.74, 6) is 0.777. The van der Waals surface area contributed by atoms with Gasteiger partial charge in [0.2, 0.25) is 0 Å². The van der Waals surface area contributed by atoms with E-state index in [1.165, 1.54) is 0 Å². The van der Waals surface area contributed by atoms with Gasteiger partial charge in [0, 0.05) is 28.7 Å². The van der Waals surface area contributed by atoms with Crippen LogP contribution >= 0.6 is 15.9 Å². The summed E-state index contributed by atoms with van der Waals surface area (Å²) in [6.45, 7) is 8.31. The second-order valence-corrected chi connectivity index (χ2v) is 8.58. The smallest absolute Gasteiger partial charge is 0.407 e. The Morgan fingerprint density at radius 2 is 2.08 bits per heavy atom. The number of carbonyl (C=O) groups is 1. The summed E-state index contributed by atoms with van der Waals surface area (Å²) in [6.07, 6.45) is 2.72. The standard InChI is InChI=1S/C19H29BrN2O3/c1-5-15(14-10-13(20)8-9-17(14)23)21-11-16(12-6-7-12)22-18(24)25-19(2,3)4/h8-10,12,15-16,21,23H,5-7,11H2,1-4H3,(H,22,24). The molecule has 0 aromatic heterocycles. The van der Waals surface area contributed by atoms with Gasteiger partial charge in [0.05, 0.1) is 0 Å². The van der Waals surface area contributed by atoms with Crippen LogP contribution in [0.15, 0.2) is 22.7 Å². The molecule has 2 unspecified atom stereocenters. The van der Waals surface area contributed by atoms with E-state index in [0.717, 1.165) is 29.3 Å². The van der Waals surface area contributed by atoms with Crippen LogP contribution in [0.1, 0.15) is 58.6 Å². The van der Waals surface area contributed by atoms with Gasteiger partial charge in [-0.25, -0.2) is 4.79 Å². The number of hydrogen-bond acceptors (Lipinski definition) is 4. The van der Waals surface area contributed by atoms with E-state index in [9.17, 15) is 9.90 Å². The minimum atomic E-state index is -0.500. The number of phenols is 1. The highest BCUT2D eigenvalue weighted by molar-refractivity contribution is 9.10. The molecule has 1 aromatic rings. The SMILES string of the molecule is CCC(NCC(NC(=O)OC(C)(C)C)C1CC1)c1cc(Br)ccc1O. The first-order valence-corrected chi connectivity index (χ1v) is 9.70. The van der Waals surface area contributed by atoms with Gasteiger partial charge in [-0.15, -0.1) is 0 Å². The van der Waals surface area contributed by atoms with Gasteiger partial charge in [0.15, 0.2) is 0 Å². The number of ether oxygens (including phenoxy) is 1. The topological polar surface area (TPSA) is 70.6 Å². The fourth-order valence-electron chi connectivity index (χ4n) is 2.84. The molecule has 1 fully saturated rings. The van der Waals surface area contributed by atoms with Crippen molar-refractivity contribution in [2.75, 3.05) is 6.54 Å². The van der Waals surface area contributed by atoms with Crippen LogP contribution < -0.4 is 10.6 Å². The molecule has 0 aliphatic heterocycles. The van der Waals surface area contributed by atoms with E-state index in [1.807, 2.05) is 32.9 Å². The van der Waals surface area contributed by atoms with Gasteiger partial charge >= 0.3 is 6.09 Å². The molecule has 1 aliphatic rings. The third kappa shape index (κ3) is 6.51. The third-order valence-electron chi connectivity index (χ3n) is 4.25. The van der Waals surface area contributed by atoms with Gasteiger partial charge in [0.1, 0.15) is 11.4 Å². The van der Waals surface area contributed by atoms with E-state index in [-0.39, 0.29) is 23.9 Å². The number of carbonyl (C=O) groups excluding carboxylic acids is 1. The van der Waals surface area contributed by atoms with Crippen LogP contribution in [0.3, 0.4) is 0 Å². The number of aromatic hydroxyl groups is 1. The summed E-state index contributed by atoms with van der Waals surface area (Å²) >= 11 is 3.46. The maximum atomic E-state index is 12.1. The Hall–Kier alpha value is -1.27. The fourth-order valence-corrected chi connectivity index (χ4v) is 3.22. The zero-order valence-corrected chi connectivity index (χ0v) is 17.0. The van der Waals surface area contributed by atoms with Gasteiger partial charge in [-0.05, 0) is 64.2 Å². The van der Waals surface area contributed by atoms with Crippen molar-refractivity contribution in [3.63, 3.8) is 0 Å². The number of halogens is 1. The number of rotatable bonds is 7. The lowest BCUT2D eigenvalue weighted by Crippen LogP contribution is -2.46. The maximum Gasteiger partial charge on any atom is 0.407 e. The molecule has 0 bridgehead atoms. The van der Waals surface area contributed by atoms with Gasteiger partial charge in [-0.1, -0.05) is 22.9 Å². The molecule has 1 saturated carbocycles. The molecule has 0 spiro atoms. The lowest BCUT2D eigenvalue weighted by molar-refractivity contribution is 0.0496. The van der Waals surface area contributed by atoms with Crippen molar-refractivity contribution in [3.05, 3.63) is 28.2 Å². The summed E-state index contributed by atoms with van der Waals surface area (Å²) in [6, 6.07) is 5.52. The monoisotopic (exact) mass is 412 g/mol. The molecule has 25 heavy (non-hydrogen) atoms. The molecule has 140 valence electrons. The third-order valence-corrected chi connectivity index (χ3v) is 4.74. The lowest BCUT2D eigenvalue weighted by Gasteiger charge is -2.26. The van der Waals surface area contributed by atoms with Crippen molar-refractivity contribution < 1.29 is 14.6 Å². The van der Waals surface area contributed by atoms with E-state index < -0.39 is 5.60 Å². The van der Waals surface area contributed by atoms with Gasteiger partial charge in [0.25, 0.3) is 0 Å². The summed E-state index contributed by atoms with van der Waals surface area (Å²) < 4.78 is 6.31. The van der Waals surface area contributed by atoms with Gasteiger partial charge in [-0.3, -0.25) is 0 Å². The predicted molar refractivity (Wildman–Crippen MR) is 103 cm³/mol. The zero-order chi connectivity index (χ0) is 18.6. The summed E-state index contributed by atoms with van der Waals surface area (Å²) in [4.78, 5) is 12.1. The van der Waals surface area contributed by atoms with Crippen LogP contribution in [0.2, 0.25) is 0 Å². The zero-order valence-electron chi connectivity index (χ0n) is 15.4. The van der Waals surface area contributed by atoms with Crippen LogP contribution in [0, 0.1) is 5.92 Å². The Balaban J connectivity index is 1.97. The first-order chi connectivity index (χ1) is 11.7. The van der Waals surface area contributed by atoms with Crippen molar-refractivity contribution in [3.8, 4) is 5.75 Å². The molecule has 1 amide bonds. The number of phenolic OH excluding ortho intramolecular Hbond substituents is 1. The number of nitrogens with one attached hydrogen (secondary N) is 2. The van der Waals surface area contributed by atoms with Crippen LogP contribution in [-0.2, 0) is 4.74 Å². The van der Waals surface area contributed by atoms with Crippen LogP contribution in [-0.4, -0.2) is 29.4 Å². The van der Waals surface area contributed by atoms with Crippen molar-refractivity contribution in [2.24, 2.45) is 5.92 Å². The Labute approximate surface area is 158 Å². The molecular formula is C19H29BrN2O3. The largest absolute Gasteiger partial charge is 0.508 e. The highest BCUT2D eigenvalue weighted by atomic mass is 79.9. The average Bonchev–Trinajstić information content (AvgIpc) is 3.32. The molecule has 2 atom stereocenters. The lowest BCUT2D eigenvalue weighted by atomic mass is 10.0. The van der Waals surface area contributed by atoms with E-state index in [1.54, 1.807) is 6.07 Å². The van der Waals surface area contributed by atoms with Gasteiger partial charge in [-0.2, -0.15) is 0 Å². The predicted octanol–water partition coefficient (Wildman–Crippen LogP) is 4.50. The van der Waals surface area contributed by atoms with Crippen LogP contribution in [0.4, 0.5) is 4.79 Å². The average molecular weight is 413 g/mol. The fraction of sp³-hybridized carbons (Fsp3) is 0.632. The van der Waals surface area contributed by atoms with E-state index in [4.69, 9.17) is 4.74 Å². The summed E-state index contributed by atoms with van der Waals surface area (Å²) in [5, 5.41) is 16.6. The van der Waals surface area contributed by atoms with Crippen molar-refractivity contribution in [2.45, 2.75) is 64.6 Å². The first kappa shape index (κ1) is 20.0. The van der Waals surface area contributed by atoms with E-state index in [2.05, 4.69) is 33.5 Å². The maximum absolute atomic E-state index is 12.1. The minimum Gasteiger partial charge on any atom is -0.508 e. The second kappa shape index (κ2) is 8.41. The molecule has 1 aliphatic carbocycles. The van der Waals surface area contributed by atoms with Gasteiger partial charge < -0.3 is 20.5 Å². The second-order valence-electron chi connectivity index (χ2n) is 7.66. The minimum absolute atomic E-state index is 0.0270. The molecule has 3 N–H and O–H groups in total. The Kier molecular flexibility index (Phi) is 6.74. The highest BCUT2D eigenvalue weighted by Crippen LogP contribution is 2.34. The quantitative estimate of drug-likeness (QED) is 0.616. The van der Waals surface area contributed by atoms with Crippen LogP contribution in [0.5, 0.6) is 5.75 Å². The van der Waals surface area contributed by atoms with Crippen molar-refractivity contribution in [1.29, 1.82) is 0 Å². The van der Waals surface area contributed by atoms with Crippen molar-refractivity contribution >= 4 is 22.0 Å². The van der Waals surface area contributed by atoms with E-state index >= 15 is 0 Å². The molecule has 1 aromatic carbocycles. The Bertz CT molecular complexity index is 597. The number of amides is 1. The molecule has 0 saturated heterocycles. The highest BCUT2D eigenvalue weighted by Gasteiger charge is 2.33. The molecule has 5 nitrogen and oxygen atoms in total. The number of hydrogen-bond donors (Lipinski definition) is 3. The summed E-state index contributed by atoms with van der Waals surface area (Å²) in [7, 11) is 0. The molecule has 0 radical (unpaired) electrons. The van der Waals surface area contributed by atoms with E-state index in [0.29, 0.717) is 12.5 Å². The summed E-state index contributed by atoms with van der Waals surface area (Å²) in [5.41, 5.74) is 0.364. The van der Waals surface area contributed by atoms with Crippen LogP contribution in [0.25, 0.3) is 0 Å². The molecule has 0 heterocycles. The molecular weight excluding hydrogens is 384 g/mol. The molecule has 2 rings (SSSR count). The Morgan fingerprint density at radius 3 is 2.64 bits per heavy atom. The number of alkyl carbamates (subject to hydrolysis) is 1.